The molecule has 1 unspecified atom stereocenters. The molecule has 58 valence electrons. The first kappa shape index (κ1) is 7.91. The first-order chi connectivity index (χ1) is 4.72. The number of nitrogens with one attached hydrogen (secondary N) is 1. The van der Waals surface area contributed by atoms with E-state index in [1.54, 1.807) is 0 Å². The lowest BCUT2D eigenvalue weighted by molar-refractivity contribution is 0.251. The molecule has 0 aliphatic carbocycles. The van der Waals surface area contributed by atoms with Crippen molar-refractivity contribution in [2.24, 2.45) is 5.73 Å². The van der Waals surface area contributed by atoms with Crippen molar-refractivity contribution in [3.63, 3.8) is 0 Å². The molecule has 1 aliphatic heterocycles. The first-order valence-corrected chi connectivity index (χ1v) is 3.83. The predicted octanol–water partition coefficient (Wildman–Crippen LogP) is -0.824. The van der Waals surface area contributed by atoms with Gasteiger partial charge < -0.3 is 11.1 Å². The highest BCUT2D eigenvalue weighted by Crippen LogP contribution is 1.98. The Morgan fingerprint density at radius 1 is 1.80 bits per heavy atom. The summed E-state index contributed by atoms with van der Waals surface area (Å²) < 4.78 is 0. The zero-order valence-corrected chi connectivity index (χ0v) is 6.95. The Morgan fingerprint density at radius 2 is 2.50 bits per heavy atom. The Balaban J connectivity index is 2.47. The number of rotatable bonds is 1. The Labute approximate surface area is 66.6 Å². The van der Waals surface area contributed by atoms with Gasteiger partial charge in [0, 0.05) is 19.6 Å². The van der Waals surface area contributed by atoms with Crippen LogP contribution in [0, 0.1) is 0 Å². The molecule has 0 aromatic carbocycles. The zero-order valence-electron chi connectivity index (χ0n) is 6.13. The molecule has 0 amide bonds. The average molecular weight is 159 g/mol. The van der Waals surface area contributed by atoms with Crippen LogP contribution in [0.2, 0.25) is 0 Å². The fourth-order valence-electron chi connectivity index (χ4n) is 1.12. The molecule has 0 saturated carbocycles. The maximum absolute atomic E-state index is 5.51. The number of piperazine rings is 1. The summed E-state index contributed by atoms with van der Waals surface area (Å²) in [6.45, 7) is 2.96. The average Bonchev–Trinajstić information content (AvgIpc) is 1.88. The number of hydrogen-bond acceptors (Lipinski definition) is 3. The number of nitrogens with zero attached hydrogens (tertiary/aromatic N) is 1. The van der Waals surface area contributed by atoms with Crippen LogP contribution >= 0.6 is 12.2 Å². The molecule has 0 spiro atoms. The van der Waals surface area contributed by atoms with E-state index in [0.717, 1.165) is 19.6 Å². The van der Waals surface area contributed by atoms with E-state index in [0.29, 0.717) is 4.99 Å². The van der Waals surface area contributed by atoms with Crippen LogP contribution < -0.4 is 11.1 Å². The van der Waals surface area contributed by atoms with Crippen molar-refractivity contribution in [2.45, 2.75) is 6.04 Å². The number of nitrogens with two attached hydrogens (primary N) is 1. The molecule has 0 aromatic heterocycles. The van der Waals surface area contributed by atoms with Gasteiger partial charge in [0.15, 0.2) is 0 Å². The van der Waals surface area contributed by atoms with E-state index in [2.05, 4.69) is 10.2 Å². The molecule has 1 saturated heterocycles. The third kappa shape index (κ3) is 1.65. The summed E-state index contributed by atoms with van der Waals surface area (Å²) in [6.07, 6.45) is 0. The molecule has 1 aliphatic rings. The minimum Gasteiger partial charge on any atom is -0.392 e. The number of hydrogen-bond donors (Lipinski definition) is 2. The van der Waals surface area contributed by atoms with Crippen LogP contribution in [-0.4, -0.2) is 42.6 Å². The maximum atomic E-state index is 5.51. The Kier molecular flexibility index (Phi) is 2.59. The molecule has 0 radical (unpaired) electrons. The summed E-state index contributed by atoms with van der Waals surface area (Å²) in [5.74, 6) is 0. The second-order valence-electron chi connectivity index (χ2n) is 2.60. The van der Waals surface area contributed by atoms with Crippen LogP contribution in [0.1, 0.15) is 0 Å². The van der Waals surface area contributed by atoms with E-state index < -0.39 is 0 Å². The molecule has 3 nitrogen and oxygen atoms in total. The molecule has 1 heterocycles. The molecule has 3 N–H and O–H groups in total. The van der Waals surface area contributed by atoms with Gasteiger partial charge in [0.25, 0.3) is 0 Å². The van der Waals surface area contributed by atoms with Gasteiger partial charge in [-0.1, -0.05) is 12.2 Å². The van der Waals surface area contributed by atoms with Gasteiger partial charge in [-0.3, -0.25) is 4.90 Å². The Bertz CT molecular complexity index is 137. The van der Waals surface area contributed by atoms with E-state index in [4.69, 9.17) is 18.0 Å². The maximum Gasteiger partial charge on any atom is 0.0915 e. The molecule has 1 atom stereocenters. The van der Waals surface area contributed by atoms with Crippen LogP contribution in [-0.2, 0) is 0 Å². The smallest absolute Gasteiger partial charge is 0.0915 e. The number of thiocarbonyl (C=S) groups is 1. The van der Waals surface area contributed by atoms with Crippen molar-refractivity contribution in [1.82, 2.24) is 10.2 Å². The summed E-state index contributed by atoms with van der Waals surface area (Å²) in [6, 6.07) is 0.253. The van der Waals surface area contributed by atoms with Crippen molar-refractivity contribution in [2.75, 3.05) is 26.7 Å². The van der Waals surface area contributed by atoms with Gasteiger partial charge >= 0.3 is 0 Å². The van der Waals surface area contributed by atoms with Gasteiger partial charge in [-0.15, -0.1) is 0 Å². The van der Waals surface area contributed by atoms with Gasteiger partial charge in [-0.25, -0.2) is 0 Å². The molecule has 1 rings (SSSR count). The minimum atomic E-state index is 0.253. The van der Waals surface area contributed by atoms with Gasteiger partial charge in [-0.05, 0) is 7.05 Å². The number of likely N-dealkylation sites (N-methyl/N-ethyl adjacent to an activating group) is 1. The van der Waals surface area contributed by atoms with Gasteiger partial charge in [0.1, 0.15) is 0 Å². The van der Waals surface area contributed by atoms with Crippen LogP contribution in [0.5, 0.6) is 0 Å². The van der Waals surface area contributed by atoms with Gasteiger partial charge in [0.05, 0.1) is 11.0 Å². The third-order valence-electron chi connectivity index (χ3n) is 1.84. The fourth-order valence-corrected chi connectivity index (χ4v) is 1.39. The normalized spacial score (nSPS) is 28.3. The molecule has 0 bridgehead atoms. The second kappa shape index (κ2) is 3.27. The van der Waals surface area contributed by atoms with Crippen molar-refractivity contribution in [3.05, 3.63) is 0 Å². The van der Waals surface area contributed by atoms with E-state index in [-0.39, 0.29) is 6.04 Å². The van der Waals surface area contributed by atoms with Crippen LogP contribution in [0.25, 0.3) is 0 Å². The molecule has 4 heteroatoms. The summed E-state index contributed by atoms with van der Waals surface area (Å²) in [5, 5.41) is 3.24. The van der Waals surface area contributed by atoms with E-state index in [1.807, 2.05) is 7.05 Å². The SMILES string of the molecule is CN1CCNCC1C(N)=S. The molecule has 1 fully saturated rings. The van der Waals surface area contributed by atoms with Crippen molar-refractivity contribution in [3.8, 4) is 0 Å². The monoisotopic (exact) mass is 159 g/mol. The lowest BCUT2D eigenvalue weighted by Crippen LogP contribution is -2.54. The molecular formula is C6H13N3S. The molecule has 10 heavy (non-hydrogen) atoms. The topological polar surface area (TPSA) is 41.3 Å². The van der Waals surface area contributed by atoms with E-state index in [9.17, 15) is 0 Å². The largest absolute Gasteiger partial charge is 0.392 e. The van der Waals surface area contributed by atoms with Gasteiger partial charge in [-0.2, -0.15) is 0 Å². The molecule has 0 aromatic rings. The second-order valence-corrected chi connectivity index (χ2v) is 3.07. The standard InChI is InChI=1S/C6H13N3S/c1-9-3-2-8-4-5(9)6(7)10/h5,8H,2-4H2,1H3,(H2,7,10). The van der Waals surface area contributed by atoms with Gasteiger partial charge in [0.2, 0.25) is 0 Å². The third-order valence-corrected chi connectivity index (χ3v) is 2.11. The lowest BCUT2D eigenvalue weighted by Gasteiger charge is -2.31. The van der Waals surface area contributed by atoms with Crippen LogP contribution in [0.4, 0.5) is 0 Å². The highest BCUT2D eigenvalue weighted by molar-refractivity contribution is 7.80. The van der Waals surface area contributed by atoms with Crippen molar-refractivity contribution >= 4 is 17.2 Å². The highest BCUT2D eigenvalue weighted by atomic mass is 32.1. The summed E-state index contributed by atoms with van der Waals surface area (Å²) in [7, 11) is 2.05. The highest BCUT2D eigenvalue weighted by Gasteiger charge is 2.19. The first-order valence-electron chi connectivity index (χ1n) is 3.42. The Morgan fingerprint density at radius 3 is 2.90 bits per heavy atom. The summed E-state index contributed by atoms with van der Waals surface area (Å²) in [5.41, 5.74) is 5.51. The van der Waals surface area contributed by atoms with E-state index in [1.165, 1.54) is 0 Å². The van der Waals surface area contributed by atoms with Crippen LogP contribution in [0.3, 0.4) is 0 Å². The quantitative estimate of drug-likeness (QED) is 0.490. The summed E-state index contributed by atoms with van der Waals surface area (Å²) >= 11 is 4.89. The predicted molar refractivity (Wildman–Crippen MR) is 46.1 cm³/mol. The van der Waals surface area contributed by atoms with Crippen molar-refractivity contribution < 1.29 is 0 Å². The zero-order chi connectivity index (χ0) is 7.56. The lowest BCUT2D eigenvalue weighted by atomic mass is 10.2. The molecular weight excluding hydrogens is 146 g/mol. The van der Waals surface area contributed by atoms with Crippen LogP contribution in [0.15, 0.2) is 0 Å². The van der Waals surface area contributed by atoms with Crippen molar-refractivity contribution in [1.29, 1.82) is 0 Å². The fraction of sp³-hybridized carbons (Fsp3) is 0.833. The minimum absolute atomic E-state index is 0.253. The Hall–Kier alpha value is -0.190. The van der Waals surface area contributed by atoms with E-state index >= 15 is 0 Å². The summed E-state index contributed by atoms with van der Waals surface area (Å²) in [4.78, 5) is 2.77.